The van der Waals surface area contributed by atoms with E-state index in [0.29, 0.717) is 55.8 Å². The van der Waals surface area contributed by atoms with E-state index in [1.807, 2.05) is 19.9 Å². The molecule has 6 rings (SSSR count). The molecule has 4 heterocycles. The van der Waals surface area contributed by atoms with Gasteiger partial charge in [-0.1, -0.05) is 18.2 Å². The lowest BCUT2D eigenvalue weighted by Crippen LogP contribution is -2.09. The Hall–Kier alpha value is -4.66. The largest absolute Gasteiger partial charge is 0.382 e. The van der Waals surface area contributed by atoms with Crippen LogP contribution in [0.2, 0.25) is 0 Å². The highest BCUT2D eigenvalue weighted by Crippen LogP contribution is 2.35. The topological polar surface area (TPSA) is 95.2 Å². The quantitative estimate of drug-likeness (QED) is 0.268. The normalized spacial score (nSPS) is 11.6. The van der Waals surface area contributed by atoms with Crippen LogP contribution in [-0.2, 0) is 0 Å². The number of fused-ring (bicyclic) bond motifs is 2. The van der Waals surface area contributed by atoms with Gasteiger partial charge in [0.1, 0.15) is 17.3 Å². The molecule has 6 aromatic rings. The number of aromatic nitrogens is 6. The summed E-state index contributed by atoms with van der Waals surface area (Å²) in [5.74, 6) is -0.468. The zero-order valence-electron chi connectivity index (χ0n) is 19.5. The highest BCUT2D eigenvalue weighted by atomic mass is 19.1. The van der Waals surface area contributed by atoms with Gasteiger partial charge < -0.3 is 10.3 Å². The van der Waals surface area contributed by atoms with E-state index in [1.165, 1.54) is 6.07 Å². The molecule has 3 N–H and O–H groups in total. The number of rotatable bonds is 5. The first kappa shape index (κ1) is 21.8. The van der Waals surface area contributed by atoms with Crippen LogP contribution in [0, 0.1) is 11.6 Å². The maximum Gasteiger partial charge on any atom is 0.178 e. The number of nitrogens with one attached hydrogen (secondary N) is 3. The third kappa shape index (κ3) is 3.65. The molecular formula is C27H21F2N7. The first-order chi connectivity index (χ1) is 17.5. The van der Waals surface area contributed by atoms with Crippen LogP contribution in [0.5, 0.6) is 0 Å². The minimum atomic E-state index is -0.442. The van der Waals surface area contributed by atoms with Gasteiger partial charge in [-0.15, -0.1) is 0 Å². The van der Waals surface area contributed by atoms with Crippen molar-refractivity contribution in [3.8, 4) is 33.8 Å². The molecule has 4 aromatic heterocycles. The number of anilines is 1. The molecule has 7 nitrogen and oxygen atoms in total. The summed E-state index contributed by atoms with van der Waals surface area (Å²) in [5.41, 5.74) is 4.63. The van der Waals surface area contributed by atoms with Crippen molar-refractivity contribution in [2.24, 2.45) is 0 Å². The predicted molar refractivity (Wildman–Crippen MR) is 136 cm³/mol. The van der Waals surface area contributed by atoms with E-state index in [-0.39, 0.29) is 11.9 Å². The van der Waals surface area contributed by atoms with E-state index in [0.717, 1.165) is 5.69 Å². The number of H-pyrrole nitrogens is 2. The molecule has 0 amide bonds. The summed E-state index contributed by atoms with van der Waals surface area (Å²) in [4.78, 5) is 16.3. The summed E-state index contributed by atoms with van der Waals surface area (Å²) in [6, 6.07) is 13.8. The molecule has 0 saturated heterocycles. The second kappa shape index (κ2) is 8.53. The van der Waals surface area contributed by atoms with Crippen LogP contribution >= 0.6 is 0 Å². The predicted octanol–water partition coefficient (Wildman–Crippen LogP) is 6.33. The van der Waals surface area contributed by atoms with Gasteiger partial charge in [0.25, 0.3) is 0 Å². The second-order valence-corrected chi connectivity index (χ2v) is 8.81. The number of halogens is 2. The fraction of sp³-hybridized carbons (Fsp3) is 0.111. The monoisotopic (exact) mass is 481 g/mol. The van der Waals surface area contributed by atoms with Crippen LogP contribution in [0.1, 0.15) is 13.8 Å². The lowest BCUT2D eigenvalue weighted by Gasteiger charge is -2.11. The van der Waals surface area contributed by atoms with Gasteiger partial charge in [-0.05, 0) is 44.2 Å². The Balaban J connectivity index is 1.50. The molecule has 0 fully saturated rings. The van der Waals surface area contributed by atoms with E-state index in [9.17, 15) is 4.39 Å². The first-order valence-electron chi connectivity index (χ1n) is 11.5. The lowest BCUT2D eigenvalue weighted by molar-refractivity contribution is 0.631. The zero-order valence-corrected chi connectivity index (χ0v) is 19.5. The van der Waals surface area contributed by atoms with Crippen molar-refractivity contribution in [1.29, 1.82) is 0 Å². The fourth-order valence-electron chi connectivity index (χ4n) is 4.39. The minimum absolute atomic E-state index is 0.214. The molecular weight excluding hydrogens is 460 g/mol. The fourth-order valence-corrected chi connectivity index (χ4v) is 4.39. The summed E-state index contributed by atoms with van der Waals surface area (Å²) >= 11 is 0. The average molecular weight is 482 g/mol. The highest BCUT2D eigenvalue weighted by Gasteiger charge is 2.21. The Kier molecular flexibility index (Phi) is 5.18. The molecule has 0 aliphatic rings. The van der Waals surface area contributed by atoms with E-state index >= 15 is 4.39 Å². The molecule has 0 bridgehead atoms. The van der Waals surface area contributed by atoms with E-state index in [1.54, 1.807) is 55.0 Å². The SMILES string of the molecule is CC(C)Nc1cncc(-c2ccc3[nH]nc(-c4nc5nccc(-c6ccccc6F)c5[nH]4)c3c2F)c1. The van der Waals surface area contributed by atoms with Crippen molar-refractivity contribution < 1.29 is 8.78 Å². The third-order valence-corrected chi connectivity index (χ3v) is 5.95. The number of aromatic amines is 2. The van der Waals surface area contributed by atoms with Gasteiger partial charge in [0.2, 0.25) is 0 Å². The summed E-state index contributed by atoms with van der Waals surface area (Å²) in [6.07, 6.45) is 4.90. The number of hydrogen-bond donors (Lipinski definition) is 3. The Morgan fingerprint density at radius 2 is 1.81 bits per heavy atom. The number of imidazole rings is 1. The molecule has 0 spiro atoms. The maximum absolute atomic E-state index is 16.0. The van der Waals surface area contributed by atoms with Gasteiger partial charge in [-0.3, -0.25) is 10.1 Å². The zero-order chi connectivity index (χ0) is 24.8. The Bertz CT molecular complexity index is 1740. The van der Waals surface area contributed by atoms with Crippen LogP contribution in [0.15, 0.2) is 67.1 Å². The summed E-state index contributed by atoms with van der Waals surface area (Å²) in [7, 11) is 0. The van der Waals surface area contributed by atoms with Gasteiger partial charge >= 0.3 is 0 Å². The molecule has 178 valence electrons. The van der Waals surface area contributed by atoms with Gasteiger partial charge in [-0.2, -0.15) is 5.10 Å². The number of nitrogens with zero attached hydrogens (tertiary/aromatic N) is 4. The van der Waals surface area contributed by atoms with E-state index < -0.39 is 5.82 Å². The summed E-state index contributed by atoms with van der Waals surface area (Å²) < 4.78 is 30.5. The highest BCUT2D eigenvalue weighted by molar-refractivity contribution is 5.98. The van der Waals surface area contributed by atoms with Crippen molar-refractivity contribution in [3.05, 3.63) is 78.8 Å². The molecule has 0 radical (unpaired) electrons. The molecule has 36 heavy (non-hydrogen) atoms. The first-order valence-corrected chi connectivity index (χ1v) is 11.5. The van der Waals surface area contributed by atoms with Crippen molar-refractivity contribution in [2.45, 2.75) is 19.9 Å². The van der Waals surface area contributed by atoms with E-state index in [2.05, 4.69) is 35.5 Å². The van der Waals surface area contributed by atoms with Gasteiger partial charge in [0, 0.05) is 46.9 Å². The van der Waals surface area contributed by atoms with Crippen molar-refractivity contribution in [1.82, 2.24) is 30.1 Å². The van der Waals surface area contributed by atoms with Crippen LogP contribution in [0.3, 0.4) is 0 Å². The maximum atomic E-state index is 16.0. The van der Waals surface area contributed by atoms with Crippen molar-refractivity contribution in [2.75, 3.05) is 5.32 Å². The molecule has 0 aliphatic heterocycles. The number of benzene rings is 2. The average Bonchev–Trinajstić information content (AvgIpc) is 3.49. The molecule has 9 heteroatoms. The third-order valence-electron chi connectivity index (χ3n) is 5.95. The van der Waals surface area contributed by atoms with Gasteiger partial charge in [0.05, 0.1) is 22.1 Å². The molecule has 2 aromatic carbocycles. The minimum Gasteiger partial charge on any atom is -0.382 e. The standard InChI is InChI=1S/C27H21F2N7/c1-14(2)32-16-11-15(12-30-13-16)17-7-8-21-22(23(17)29)25(36-35-21)27-33-24-19(9-10-31-26(24)34-27)18-5-3-4-6-20(18)28/h3-14,32H,1-2H3,(H,35,36)(H,31,33,34). The van der Waals surface area contributed by atoms with Crippen LogP contribution < -0.4 is 5.32 Å². The Morgan fingerprint density at radius 1 is 0.944 bits per heavy atom. The molecule has 0 saturated carbocycles. The van der Waals surface area contributed by atoms with Gasteiger partial charge in [0.15, 0.2) is 11.5 Å². The van der Waals surface area contributed by atoms with Crippen LogP contribution in [0.4, 0.5) is 14.5 Å². The second-order valence-electron chi connectivity index (χ2n) is 8.81. The number of hydrogen-bond acceptors (Lipinski definition) is 5. The smallest absolute Gasteiger partial charge is 0.178 e. The Labute approximate surface area is 204 Å². The molecule has 0 aliphatic carbocycles. The van der Waals surface area contributed by atoms with Crippen molar-refractivity contribution in [3.63, 3.8) is 0 Å². The lowest BCUT2D eigenvalue weighted by atomic mass is 10.0. The summed E-state index contributed by atoms with van der Waals surface area (Å²) in [6.45, 7) is 4.05. The molecule has 0 unspecified atom stereocenters. The van der Waals surface area contributed by atoms with E-state index in [4.69, 9.17) is 0 Å². The molecule has 0 atom stereocenters. The van der Waals surface area contributed by atoms with Crippen LogP contribution in [0.25, 0.3) is 55.8 Å². The van der Waals surface area contributed by atoms with Gasteiger partial charge in [-0.25, -0.2) is 18.7 Å². The van der Waals surface area contributed by atoms with Crippen LogP contribution in [-0.4, -0.2) is 36.2 Å². The number of pyridine rings is 2. The Morgan fingerprint density at radius 3 is 2.64 bits per heavy atom. The summed E-state index contributed by atoms with van der Waals surface area (Å²) in [5, 5.41) is 10.8. The van der Waals surface area contributed by atoms with Crippen molar-refractivity contribution >= 4 is 27.8 Å².